The second-order valence-corrected chi connectivity index (χ2v) is 3.90. The van der Waals surface area contributed by atoms with E-state index in [0.717, 1.165) is 36.3 Å². The van der Waals surface area contributed by atoms with Gasteiger partial charge in [-0.15, -0.1) is 0 Å². The molecule has 0 amide bonds. The third-order valence-corrected chi connectivity index (χ3v) is 2.75. The van der Waals surface area contributed by atoms with E-state index in [9.17, 15) is 4.39 Å². The summed E-state index contributed by atoms with van der Waals surface area (Å²) in [5.41, 5.74) is 3.00. The van der Waals surface area contributed by atoms with Crippen molar-refractivity contribution in [2.75, 3.05) is 6.54 Å². The van der Waals surface area contributed by atoms with Crippen molar-refractivity contribution in [2.24, 2.45) is 0 Å². The van der Waals surface area contributed by atoms with Crippen LogP contribution < -0.4 is 5.32 Å². The van der Waals surface area contributed by atoms with Gasteiger partial charge in [-0.3, -0.25) is 4.98 Å². The molecule has 6 heteroatoms. The maximum absolute atomic E-state index is 12.3. The average Bonchev–Trinajstić information content (AvgIpc) is 2.87. The van der Waals surface area contributed by atoms with Gasteiger partial charge in [0, 0.05) is 37.0 Å². The Labute approximate surface area is 97.1 Å². The van der Waals surface area contributed by atoms with E-state index in [0.29, 0.717) is 5.82 Å². The molecule has 1 aliphatic heterocycles. The Hall–Kier alpha value is -1.82. The van der Waals surface area contributed by atoms with Crippen molar-refractivity contribution in [3.05, 3.63) is 29.4 Å². The van der Waals surface area contributed by atoms with Crippen LogP contribution in [0.3, 0.4) is 0 Å². The molecule has 0 bridgehead atoms. The summed E-state index contributed by atoms with van der Waals surface area (Å²) in [6.45, 7) is 1.00. The molecule has 1 N–H and O–H groups in total. The second-order valence-electron chi connectivity index (χ2n) is 3.90. The molecule has 0 aromatic carbocycles. The molecule has 17 heavy (non-hydrogen) atoms. The molecule has 0 atom stereocenters. The summed E-state index contributed by atoms with van der Waals surface area (Å²) in [4.78, 5) is 8.31. The Balaban J connectivity index is 1.97. The Morgan fingerprint density at radius 2 is 2.41 bits per heavy atom. The Morgan fingerprint density at radius 1 is 1.47 bits per heavy atom. The van der Waals surface area contributed by atoms with Crippen molar-refractivity contribution in [2.45, 2.75) is 19.6 Å². The number of aromatic nitrogens is 3. The first kappa shape index (κ1) is 10.3. The highest BCUT2D eigenvalue weighted by Gasteiger charge is 2.14. The van der Waals surface area contributed by atoms with E-state index >= 15 is 0 Å². The van der Waals surface area contributed by atoms with Crippen LogP contribution in [0.2, 0.25) is 0 Å². The van der Waals surface area contributed by atoms with E-state index in [1.54, 1.807) is 6.20 Å². The highest BCUT2D eigenvalue weighted by Crippen LogP contribution is 2.20. The number of hydrogen-bond acceptors (Lipinski definition) is 5. The Bertz CT molecular complexity index is 540. The van der Waals surface area contributed by atoms with Crippen LogP contribution in [0, 0.1) is 0 Å². The molecule has 2 aromatic rings. The molecule has 0 spiro atoms. The first-order valence-electron chi connectivity index (χ1n) is 5.44. The quantitative estimate of drug-likeness (QED) is 0.847. The average molecular weight is 234 g/mol. The van der Waals surface area contributed by atoms with Crippen molar-refractivity contribution >= 4 is 0 Å². The molecule has 0 aliphatic carbocycles. The summed E-state index contributed by atoms with van der Waals surface area (Å²) >= 11 is 0. The number of pyridine rings is 1. The van der Waals surface area contributed by atoms with Crippen molar-refractivity contribution in [1.29, 1.82) is 0 Å². The van der Waals surface area contributed by atoms with E-state index in [1.807, 2.05) is 6.07 Å². The molecule has 0 unspecified atom stereocenters. The van der Waals surface area contributed by atoms with E-state index in [4.69, 9.17) is 4.52 Å². The molecule has 0 saturated heterocycles. The molecular weight excluding hydrogens is 223 g/mol. The van der Waals surface area contributed by atoms with E-state index in [2.05, 4.69) is 20.4 Å². The summed E-state index contributed by atoms with van der Waals surface area (Å²) in [5.74, 6) is 0.384. The standard InChI is InChI=1S/C11H11FN4O/c12-4-10-15-11(16-17-10)8-3-7-5-13-2-1-9(7)14-6-8/h3,6,13H,1-2,4-5H2. The second kappa shape index (κ2) is 4.21. The fourth-order valence-corrected chi connectivity index (χ4v) is 1.90. The number of rotatable bonds is 2. The van der Waals surface area contributed by atoms with Gasteiger partial charge in [-0.2, -0.15) is 4.98 Å². The number of hydrogen-bond donors (Lipinski definition) is 1. The summed E-state index contributed by atoms with van der Waals surface area (Å²) in [6.07, 6.45) is 2.63. The number of halogens is 1. The minimum atomic E-state index is -0.743. The molecule has 1 aliphatic rings. The van der Waals surface area contributed by atoms with Gasteiger partial charge in [-0.1, -0.05) is 5.16 Å². The first-order chi connectivity index (χ1) is 8.36. The van der Waals surface area contributed by atoms with Crippen molar-refractivity contribution in [1.82, 2.24) is 20.4 Å². The van der Waals surface area contributed by atoms with E-state index < -0.39 is 6.67 Å². The highest BCUT2D eigenvalue weighted by molar-refractivity contribution is 5.54. The normalized spacial score (nSPS) is 14.6. The third kappa shape index (κ3) is 1.91. The SMILES string of the molecule is FCc1nc(-c2cnc3c(c2)CNCC3)no1. The van der Waals surface area contributed by atoms with Crippen LogP contribution in [0.4, 0.5) is 4.39 Å². The number of nitrogens with zero attached hydrogens (tertiary/aromatic N) is 3. The molecular formula is C11H11FN4O. The molecule has 5 nitrogen and oxygen atoms in total. The van der Waals surface area contributed by atoms with Gasteiger partial charge in [0.05, 0.1) is 0 Å². The summed E-state index contributed by atoms with van der Waals surface area (Å²) < 4.78 is 17.0. The van der Waals surface area contributed by atoms with Gasteiger partial charge in [0.25, 0.3) is 5.89 Å². The molecule has 0 radical (unpaired) electrons. The van der Waals surface area contributed by atoms with Gasteiger partial charge in [0.2, 0.25) is 5.82 Å². The fraction of sp³-hybridized carbons (Fsp3) is 0.364. The van der Waals surface area contributed by atoms with Gasteiger partial charge in [-0.25, -0.2) is 4.39 Å². The van der Waals surface area contributed by atoms with Gasteiger partial charge in [-0.05, 0) is 11.6 Å². The smallest absolute Gasteiger partial charge is 0.258 e. The van der Waals surface area contributed by atoms with Crippen LogP contribution in [0.15, 0.2) is 16.8 Å². The van der Waals surface area contributed by atoms with Crippen molar-refractivity contribution in [3.8, 4) is 11.4 Å². The summed E-state index contributed by atoms with van der Waals surface area (Å²) in [5, 5.41) is 6.99. The van der Waals surface area contributed by atoms with Gasteiger partial charge in [0.15, 0.2) is 6.67 Å². The molecule has 2 aromatic heterocycles. The third-order valence-electron chi connectivity index (χ3n) is 2.75. The molecule has 0 fully saturated rings. The number of alkyl halides is 1. The predicted molar refractivity (Wildman–Crippen MR) is 57.8 cm³/mol. The minimum absolute atomic E-state index is 0.00385. The highest BCUT2D eigenvalue weighted by atomic mass is 19.1. The lowest BCUT2D eigenvalue weighted by Crippen LogP contribution is -2.24. The zero-order valence-electron chi connectivity index (χ0n) is 9.11. The Kier molecular flexibility index (Phi) is 2.56. The Morgan fingerprint density at radius 3 is 3.24 bits per heavy atom. The molecule has 3 heterocycles. The summed E-state index contributed by atoms with van der Waals surface area (Å²) in [7, 11) is 0. The molecule has 3 rings (SSSR count). The number of fused-ring (bicyclic) bond motifs is 1. The lowest BCUT2D eigenvalue weighted by molar-refractivity contribution is 0.323. The lowest BCUT2D eigenvalue weighted by Gasteiger charge is -2.15. The van der Waals surface area contributed by atoms with E-state index in [-0.39, 0.29) is 5.89 Å². The minimum Gasteiger partial charge on any atom is -0.336 e. The number of nitrogens with one attached hydrogen (secondary N) is 1. The van der Waals surface area contributed by atoms with Gasteiger partial charge < -0.3 is 9.84 Å². The molecule has 0 saturated carbocycles. The topological polar surface area (TPSA) is 63.8 Å². The first-order valence-corrected chi connectivity index (χ1v) is 5.44. The van der Waals surface area contributed by atoms with Crippen molar-refractivity contribution in [3.63, 3.8) is 0 Å². The van der Waals surface area contributed by atoms with Crippen LogP contribution in [-0.2, 0) is 19.6 Å². The zero-order chi connectivity index (χ0) is 11.7. The van der Waals surface area contributed by atoms with Gasteiger partial charge in [0.1, 0.15) is 0 Å². The lowest BCUT2D eigenvalue weighted by atomic mass is 10.1. The summed E-state index contributed by atoms with van der Waals surface area (Å²) in [6, 6.07) is 1.97. The van der Waals surface area contributed by atoms with Crippen LogP contribution in [0.25, 0.3) is 11.4 Å². The van der Waals surface area contributed by atoms with Crippen LogP contribution in [0.1, 0.15) is 17.1 Å². The maximum atomic E-state index is 12.3. The maximum Gasteiger partial charge on any atom is 0.258 e. The fourth-order valence-electron chi connectivity index (χ4n) is 1.90. The zero-order valence-corrected chi connectivity index (χ0v) is 9.11. The van der Waals surface area contributed by atoms with Crippen LogP contribution >= 0.6 is 0 Å². The monoisotopic (exact) mass is 234 g/mol. The van der Waals surface area contributed by atoms with Crippen molar-refractivity contribution < 1.29 is 8.91 Å². The predicted octanol–water partition coefficient (Wildman–Crippen LogP) is 1.25. The van der Waals surface area contributed by atoms with E-state index in [1.165, 1.54) is 0 Å². The van der Waals surface area contributed by atoms with Crippen LogP contribution in [-0.4, -0.2) is 21.7 Å². The largest absolute Gasteiger partial charge is 0.336 e. The molecule has 88 valence electrons. The van der Waals surface area contributed by atoms with Crippen LogP contribution in [0.5, 0.6) is 0 Å². The van der Waals surface area contributed by atoms with Gasteiger partial charge >= 0.3 is 0 Å².